The number of nitrogens with zero attached hydrogens (tertiary/aromatic N) is 2. The summed E-state index contributed by atoms with van der Waals surface area (Å²) < 4.78 is 1.62. The van der Waals surface area contributed by atoms with Crippen LogP contribution in [-0.4, -0.2) is 21.2 Å². The molecule has 2 aromatic rings. The van der Waals surface area contributed by atoms with Gasteiger partial charge in [0.2, 0.25) is 5.91 Å². The lowest BCUT2D eigenvalue weighted by Crippen LogP contribution is -2.48. The van der Waals surface area contributed by atoms with Crippen LogP contribution in [0.4, 0.5) is 5.82 Å². The predicted octanol–water partition coefficient (Wildman–Crippen LogP) is 3.40. The summed E-state index contributed by atoms with van der Waals surface area (Å²) in [5.41, 5.74) is 5.85. The minimum Gasteiger partial charge on any atom is -0.318 e. The van der Waals surface area contributed by atoms with Gasteiger partial charge < -0.3 is 11.1 Å². The van der Waals surface area contributed by atoms with E-state index in [1.54, 1.807) is 29.9 Å². The Balaban J connectivity index is 0.00000242. The molecule has 0 bridgehead atoms. The molecule has 0 spiro atoms. The van der Waals surface area contributed by atoms with Crippen LogP contribution in [0.2, 0.25) is 5.02 Å². The summed E-state index contributed by atoms with van der Waals surface area (Å²) >= 11 is 6.12. The van der Waals surface area contributed by atoms with E-state index in [4.69, 9.17) is 17.3 Å². The normalized spacial score (nSPS) is 13.1. The van der Waals surface area contributed by atoms with Crippen molar-refractivity contribution in [1.29, 1.82) is 0 Å². The van der Waals surface area contributed by atoms with Gasteiger partial charge in [-0.2, -0.15) is 5.10 Å². The molecular formula is C15H20Cl2N4O. The highest BCUT2D eigenvalue weighted by Crippen LogP contribution is 2.20. The van der Waals surface area contributed by atoms with Gasteiger partial charge in [0.15, 0.2) is 5.82 Å². The van der Waals surface area contributed by atoms with Gasteiger partial charge in [-0.15, -0.1) is 12.4 Å². The predicted molar refractivity (Wildman–Crippen MR) is 92.0 cm³/mol. The highest BCUT2D eigenvalue weighted by molar-refractivity contribution is 6.32. The molecular weight excluding hydrogens is 323 g/mol. The third-order valence-corrected chi connectivity index (χ3v) is 3.54. The maximum absolute atomic E-state index is 12.1. The third-order valence-electron chi connectivity index (χ3n) is 3.22. The highest BCUT2D eigenvalue weighted by Gasteiger charge is 2.27. The number of carbonyl (C=O) groups excluding carboxylic acids is 1. The average molecular weight is 343 g/mol. The fourth-order valence-corrected chi connectivity index (χ4v) is 2.28. The molecule has 1 atom stereocenters. The van der Waals surface area contributed by atoms with Crippen LogP contribution in [0.1, 0.15) is 26.7 Å². The van der Waals surface area contributed by atoms with Crippen molar-refractivity contribution in [3.05, 3.63) is 41.6 Å². The molecule has 1 unspecified atom stereocenters. The molecule has 7 heteroatoms. The standard InChI is InChI=1S/C15H19ClN4O.ClH/c1-3-9-15(2,17)14(21)18-13-8-10-20(19-13)12-7-5-4-6-11(12)16;/h4-8,10H,3,9,17H2,1-2H3,(H,18,19,21);1H. The van der Waals surface area contributed by atoms with Gasteiger partial charge in [0.05, 0.1) is 16.2 Å². The van der Waals surface area contributed by atoms with E-state index in [0.717, 1.165) is 12.1 Å². The molecule has 3 N–H and O–H groups in total. The number of hydrogen-bond donors (Lipinski definition) is 2. The van der Waals surface area contributed by atoms with E-state index in [9.17, 15) is 4.79 Å². The second-order valence-corrected chi connectivity index (χ2v) is 5.63. The van der Waals surface area contributed by atoms with Gasteiger partial charge >= 0.3 is 0 Å². The Morgan fingerprint density at radius 3 is 2.73 bits per heavy atom. The first-order chi connectivity index (χ1) is 9.94. The fraction of sp³-hybridized carbons (Fsp3) is 0.333. The van der Waals surface area contributed by atoms with Crippen molar-refractivity contribution in [2.75, 3.05) is 5.32 Å². The quantitative estimate of drug-likeness (QED) is 0.874. The number of halogens is 2. The molecule has 0 aliphatic carbocycles. The number of nitrogens with one attached hydrogen (secondary N) is 1. The van der Waals surface area contributed by atoms with Crippen molar-refractivity contribution in [2.24, 2.45) is 5.73 Å². The topological polar surface area (TPSA) is 72.9 Å². The molecule has 5 nitrogen and oxygen atoms in total. The molecule has 0 saturated carbocycles. The number of anilines is 1. The molecule has 1 amide bonds. The van der Waals surface area contributed by atoms with Crippen LogP contribution in [0, 0.1) is 0 Å². The zero-order valence-corrected chi connectivity index (χ0v) is 14.1. The summed E-state index contributed by atoms with van der Waals surface area (Å²) in [6, 6.07) is 9.07. The summed E-state index contributed by atoms with van der Waals surface area (Å²) in [4.78, 5) is 12.1. The number of hydrogen-bond acceptors (Lipinski definition) is 3. The van der Waals surface area contributed by atoms with Gasteiger partial charge in [-0.05, 0) is 25.5 Å². The van der Waals surface area contributed by atoms with Crippen LogP contribution < -0.4 is 11.1 Å². The maximum Gasteiger partial charge on any atom is 0.245 e. The average Bonchev–Trinajstić information content (AvgIpc) is 2.87. The summed E-state index contributed by atoms with van der Waals surface area (Å²) in [5, 5.41) is 7.63. The third kappa shape index (κ3) is 4.22. The van der Waals surface area contributed by atoms with Crippen LogP contribution in [-0.2, 0) is 4.79 Å². The second kappa shape index (κ2) is 7.63. The first kappa shape index (κ1) is 18.5. The Bertz CT molecular complexity index is 640. The second-order valence-electron chi connectivity index (χ2n) is 5.22. The fourth-order valence-electron chi connectivity index (χ4n) is 2.05. The smallest absolute Gasteiger partial charge is 0.245 e. The zero-order chi connectivity index (χ0) is 15.5. The van der Waals surface area contributed by atoms with E-state index >= 15 is 0 Å². The first-order valence-corrected chi connectivity index (χ1v) is 7.23. The van der Waals surface area contributed by atoms with Crippen LogP contribution in [0.25, 0.3) is 5.69 Å². The molecule has 1 aromatic heterocycles. The van der Waals surface area contributed by atoms with Crippen molar-refractivity contribution in [1.82, 2.24) is 9.78 Å². The lowest BCUT2D eigenvalue weighted by atomic mass is 9.97. The van der Waals surface area contributed by atoms with Crippen molar-refractivity contribution >= 4 is 35.7 Å². The van der Waals surface area contributed by atoms with Crippen LogP contribution in [0.3, 0.4) is 0 Å². The van der Waals surface area contributed by atoms with Gasteiger partial charge in [0.25, 0.3) is 0 Å². The number of para-hydroxylation sites is 1. The van der Waals surface area contributed by atoms with E-state index in [1.807, 2.05) is 25.1 Å². The van der Waals surface area contributed by atoms with E-state index < -0.39 is 5.54 Å². The van der Waals surface area contributed by atoms with Gasteiger partial charge in [0, 0.05) is 12.3 Å². The Morgan fingerprint density at radius 2 is 2.09 bits per heavy atom. The Morgan fingerprint density at radius 1 is 1.41 bits per heavy atom. The molecule has 0 aliphatic heterocycles. The molecule has 120 valence electrons. The number of nitrogens with two attached hydrogens (primary N) is 1. The van der Waals surface area contributed by atoms with Gasteiger partial charge in [-0.1, -0.05) is 37.1 Å². The summed E-state index contributed by atoms with van der Waals surface area (Å²) in [5.74, 6) is 0.210. The van der Waals surface area contributed by atoms with Gasteiger partial charge in [0.1, 0.15) is 0 Å². The molecule has 0 saturated heterocycles. The molecule has 0 fully saturated rings. The van der Waals surface area contributed by atoms with E-state index in [2.05, 4.69) is 10.4 Å². The lowest BCUT2D eigenvalue weighted by Gasteiger charge is -2.21. The minimum absolute atomic E-state index is 0. The lowest BCUT2D eigenvalue weighted by molar-refractivity contribution is -0.120. The van der Waals surface area contributed by atoms with E-state index in [-0.39, 0.29) is 18.3 Å². The van der Waals surface area contributed by atoms with Crippen molar-refractivity contribution in [3.8, 4) is 5.69 Å². The number of carbonyl (C=O) groups is 1. The molecule has 0 radical (unpaired) electrons. The number of amides is 1. The summed E-state index contributed by atoms with van der Waals surface area (Å²) in [7, 11) is 0. The number of rotatable bonds is 5. The first-order valence-electron chi connectivity index (χ1n) is 6.85. The SMILES string of the molecule is CCCC(C)(N)C(=O)Nc1ccn(-c2ccccc2Cl)n1.Cl. The van der Waals surface area contributed by atoms with Gasteiger partial charge in [-0.3, -0.25) is 4.79 Å². The summed E-state index contributed by atoms with van der Waals surface area (Å²) in [6.45, 7) is 3.71. The van der Waals surface area contributed by atoms with Gasteiger partial charge in [-0.25, -0.2) is 4.68 Å². The van der Waals surface area contributed by atoms with Crippen molar-refractivity contribution in [3.63, 3.8) is 0 Å². The molecule has 1 aromatic carbocycles. The van der Waals surface area contributed by atoms with Crippen LogP contribution in [0.15, 0.2) is 36.5 Å². The molecule has 1 heterocycles. The van der Waals surface area contributed by atoms with Crippen molar-refractivity contribution < 1.29 is 4.79 Å². The zero-order valence-electron chi connectivity index (χ0n) is 12.5. The number of benzene rings is 1. The van der Waals surface area contributed by atoms with E-state index in [1.165, 1.54) is 0 Å². The Kier molecular flexibility index (Phi) is 6.41. The van der Waals surface area contributed by atoms with Crippen molar-refractivity contribution in [2.45, 2.75) is 32.2 Å². The highest BCUT2D eigenvalue weighted by atomic mass is 35.5. The summed E-state index contributed by atoms with van der Waals surface area (Å²) in [6.07, 6.45) is 3.20. The molecule has 0 aliphatic rings. The molecule has 2 rings (SSSR count). The monoisotopic (exact) mass is 342 g/mol. The molecule has 22 heavy (non-hydrogen) atoms. The Labute approximate surface area is 141 Å². The van der Waals surface area contributed by atoms with Crippen LogP contribution >= 0.6 is 24.0 Å². The van der Waals surface area contributed by atoms with E-state index in [0.29, 0.717) is 17.3 Å². The number of aromatic nitrogens is 2. The Hall–Kier alpha value is -1.56. The largest absolute Gasteiger partial charge is 0.318 e. The minimum atomic E-state index is -0.900. The maximum atomic E-state index is 12.1. The van der Waals surface area contributed by atoms with Crippen LogP contribution in [0.5, 0.6) is 0 Å².